The summed E-state index contributed by atoms with van der Waals surface area (Å²) >= 11 is 0. The van der Waals surface area contributed by atoms with Gasteiger partial charge in [-0.25, -0.2) is 8.78 Å². The van der Waals surface area contributed by atoms with Crippen molar-refractivity contribution in [2.45, 2.75) is 12.8 Å². The highest BCUT2D eigenvalue weighted by Crippen LogP contribution is 2.17. The number of halogens is 2. The van der Waals surface area contributed by atoms with Crippen molar-refractivity contribution in [2.75, 3.05) is 0 Å². The van der Waals surface area contributed by atoms with Crippen LogP contribution in [0.3, 0.4) is 0 Å². The molecular weight excluding hydrogens is 204 g/mol. The van der Waals surface area contributed by atoms with E-state index in [2.05, 4.69) is 4.98 Å². The Morgan fingerprint density at radius 3 is 2.60 bits per heavy atom. The number of aromatic amines is 1. The molecule has 0 aliphatic rings. The fraction of sp³-hybridized carbons (Fsp3) is 0.222. The van der Waals surface area contributed by atoms with Gasteiger partial charge in [0.05, 0.1) is 18.1 Å². The number of hydrogen-bond donors (Lipinski definition) is 1. The largest absolute Gasteiger partial charge is 0.352 e. The van der Waals surface area contributed by atoms with Gasteiger partial charge in [0, 0.05) is 11.8 Å². The number of H-pyrrole nitrogens is 1. The quantitative estimate of drug-likeness (QED) is 0.795. The minimum absolute atomic E-state index is 0.0631. The third-order valence-corrected chi connectivity index (χ3v) is 1.80. The zero-order valence-corrected chi connectivity index (χ0v) is 7.42. The van der Waals surface area contributed by atoms with Crippen LogP contribution in [0.5, 0.6) is 0 Å². The second-order valence-electron chi connectivity index (χ2n) is 2.68. The van der Waals surface area contributed by atoms with Crippen LogP contribution >= 0.6 is 0 Å². The predicted octanol–water partition coefficient (Wildman–Crippen LogP) is 1.25. The fourth-order valence-electron chi connectivity index (χ4n) is 1.11. The highest BCUT2D eigenvalue weighted by molar-refractivity contribution is 5.35. The van der Waals surface area contributed by atoms with Crippen LogP contribution in [-0.2, 0) is 6.42 Å². The van der Waals surface area contributed by atoms with Gasteiger partial charge in [-0.1, -0.05) is 0 Å². The molecule has 1 heterocycles. The number of nitrogens with one attached hydrogen (secondary N) is 1. The molecule has 1 aromatic heterocycles. The van der Waals surface area contributed by atoms with E-state index in [0.717, 1.165) is 6.20 Å². The molecule has 1 aromatic rings. The molecule has 0 fully saturated rings. The van der Waals surface area contributed by atoms with E-state index >= 15 is 0 Å². The van der Waals surface area contributed by atoms with Crippen molar-refractivity contribution in [1.29, 1.82) is 10.5 Å². The molecule has 4 nitrogen and oxygen atoms in total. The Morgan fingerprint density at radius 2 is 2.13 bits per heavy atom. The van der Waals surface area contributed by atoms with Crippen molar-refractivity contribution in [3.8, 4) is 12.1 Å². The first-order valence-electron chi connectivity index (χ1n) is 3.91. The van der Waals surface area contributed by atoms with Crippen molar-refractivity contribution in [2.24, 2.45) is 0 Å². The number of aromatic nitrogens is 1. The molecule has 1 N–H and O–H groups in total. The van der Waals surface area contributed by atoms with E-state index in [4.69, 9.17) is 10.5 Å². The van der Waals surface area contributed by atoms with Gasteiger partial charge >= 0.3 is 0 Å². The highest BCUT2D eigenvalue weighted by atomic mass is 19.3. The van der Waals surface area contributed by atoms with E-state index in [0.29, 0.717) is 0 Å². The Kier molecular flexibility index (Phi) is 3.14. The number of rotatable bonds is 2. The van der Waals surface area contributed by atoms with E-state index in [9.17, 15) is 13.6 Å². The number of alkyl halides is 2. The maximum atomic E-state index is 12.4. The van der Waals surface area contributed by atoms with Gasteiger partial charge in [-0.05, 0) is 0 Å². The monoisotopic (exact) mass is 209 g/mol. The lowest BCUT2D eigenvalue weighted by molar-refractivity contribution is 0.149. The molecule has 0 amide bonds. The Balaban J connectivity index is 3.46. The second kappa shape index (κ2) is 4.34. The molecule has 76 valence electrons. The molecule has 0 unspecified atom stereocenters. The molecule has 1 rings (SSSR count). The van der Waals surface area contributed by atoms with Gasteiger partial charge in [-0.15, -0.1) is 0 Å². The summed E-state index contributed by atoms with van der Waals surface area (Å²) in [7, 11) is 0. The average molecular weight is 209 g/mol. The molecular formula is C9H5F2N3O. The van der Waals surface area contributed by atoms with Crippen molar-refractivity contribution >= 4 is 0 Å². The van der Waals surface area contributed by atoms with Crippen molar-refractivity contribution in [3.05, 3.63) is 33.2 Å². The van der Waals surface area contributed by atoms with E-state index in [1.807, 2.05) is 0 Å². The van der Waals surface area contributed by atoms with Gasteiger partial charge in [-0.2, -0.15) is 10.5 Å². The molecule has 0 saturated carbocycles. The maximum Gasteiger partial charge on any atom is 0.270 e. The minimum Gasteiger partial charge on any atom is -0.352 e. The van der Waals surface area contributed by atoms with Crippen molar-refractivity contribution in [1.82, 2.24) is 4.98 Å². The van der Waals surface area contributed by atoms with Crippen LogP contribution < -0.4 is 5.43 Å². The number of pyridine rings is 1. The minimum atomic E-state index is -3.03. The zero-order valence-electron chi connectivity index (χ0n) is 7.42. The van der Waals surface area contributed by atoms with Crippen molar-refractivity contribution < 1.29 is 8.78 Å². The maximum absolute atomic E-state index is 12.4. The lowest BCUT2D eigenvalue weighted by Gasteiger charge is -2.03. The summed E-state index contributed by atoms with van der Waals surface area (Å²) in [4.78, 5) is 13.6. The summed E-state index contributed by atoms with van der Waals surface area (Å²) in [6.07, 6.45) is -2.18. The summed E-state index contributed by atoms with van der Waals surface area (Å²) < 4.78 is 24.9. The Labute approximate surface area is 83.4 Å². The summed E-state index contributed by atoms with van der Waals surface area (Å²) in [6.45, 7) is 0. The SMILES string of the molecule is N#CCc1c[nH]c(C#N)c(C(F)F)c1=O. The fourth-order valence-corrected chi connectivity index (χ4v) is 1.11. The van der Waals surface area contributed by atoms with Gasteiger partial charge in [0.15, 0.2) is 5.43 Å². The third-order valence-electron chi connectivity index (χ3n) is 1.80. The van der Waals surface area contributed by atoms with E-state index in [-0.39, 0.29) is 12.0 Å². The normalized spacial score (nSPS) is 9.67. The first-order chi connectivity index (χ1) is 7.11. The number of nitriles is 2. The van der Waals surface area contributed by atoms with E-state index in [1.54, 1.807) is 6.07 Å². The van der Waals surface area contributed by atoms with Gasteiger partial charge in [0.1, 0.15) is 11.8 Å². The van der Waals surface area contributed by atoms with Crippen LogP contribution in [-0.4, -0.2) is 4.98 Å². The molecule has 15 heavy (non-hydrogen) atoms. The predicted molar refractivity (Wildman–Crippen MR) is 46.1 cm³/mol. The smallest absolute Gasteiger partial charge is 0.270 e. The van der Waals surface area contributed by atoms with Crippen LogP contribution in [0.1, 0.15) is 23.2 Å². The molecule has 0 saturated heterocycles. The lowest BCUT2D eigenvalue weighted by atomic mass is 10.1. The molecule has 0 bridgehead atoms. The van der Waals surface area contributed by atoms with Crippen molar-refractivity contribution in [3.63, 3.8) is 0 Å². The summed E-state index contributed by atoms with van der Waals surface area (Å²) in [5.74, 6) is 0. The van der Waals surface area contributed by atoms with Crippen LogP contribution in [0.2, 0.25) is 0 Å². The van der Waals surface area contributed by atoms with Gasteiger partial charge in [-0.3, -0.25) is 4.79 Å². The molecule has 0 aromatic carbocycles. The number of hydrogen-bond acceptors (Lipinski definition) is 3. The van der Waals surface area contributed by atoms with Crippen LogP contribution in [0.4, 0.5) is 8.78 Å². The van der Waals surface area contributed by atoms with Gasteiger partial charge in [0.25, 0.3) is 6.43 Å². The second-order valence-corrected chi connectivity index (χ2v) is 2.68. The van der Waals surface area contributed by atoms with Gasteiger partial charge < -0.3 is 4.98 Å². The Hall–Kier alpha value is -2.21. The average Bonchev–Trinajstić information content (AvgIpc) is 2.20. The highest BCUT2D eigenvalue weighted by Gasteiger charge is 2.19. The van der Waals surface area contributed by atoms with E-state index < -0.39 is 23.1 Å². The van der Waals surface area contributed by atoms with Crippen LogP contribution in [0.15, 0.2) is 11.0 Å². The standard InChI is InChI=1S/C9H5F2N3O/c10-9(11)7-6(3-13)14-4-5(1-2-12)8(7)15/h4,9H,1H2,(H,14,15). The lowest BCUT2D eigenvalue weighted by Crippen LogP contribution is -2.17. The molecule has 0 aliphatic carbocycles. The first kappa shape index (κ1) is 10.9. The molecule has 0 aliphatic heterocycles. The van der Waals surface area contributed by atoms with Crippen LogP contribution in [0, 0.1) is 22.7 Å². The molecule has 6 heteroatoms. The zero-order chi connectivity index (χ0) is 11.4. The third kappa shape index (κ3) is 2.00. The number of nitrogens with zero attached hydrogens (tertiary/aromatic N) is 2. The first-order valence-corrected chi connectivity index (χ1v) is 3.91. The Morgan fingerprint density at radius 1 is 1.47 bits per heavy atom. The summed E-state index contributed by atoms with van der Waals surface area (Å²) in [5, 5.41) is 16.8. The molecule has 0 spiro atoms. The van der Waals surface area contributed by atoms with Crippen LogP contribution in [0.25, 0.3) is 0 Å². The Bertz CT molecular complexity index is 508. The summed E-state index contributed by atoms with van der Waals surface area (Å²) in [5.41, 5.74) is -2.34. The molecule has 0 atom stereocenters. The molecule has 0 radical (unpaired) electrons. The van der Waals surface area contributed by atoms with Gasteiger partial charge in [0.2, 0.25) is 0 Å². The topological polar surface area (TPSA) is 80.4 Å². The summed E-state index contributed by atoms with van der Waals surface area (Å²) in [6, 6.07) is 3.15. The van der Waals surface area contributed by atoms with E-state index in [1.165, 1.54) is 6.07 Å².